The molecule has 3 nitrogen and oxygen atoms in total. The summed E-state index contributed by atoms with van der Waals surface area (Å²) < 4.78 is 6.42. The molecular formula is C21H40ClNO2. The predicted molar refractivity (Wildman–Crippen MR) is 102 cm³/mol. The minimum Gasteiger partial charge on any atom is -1.00 e. The molecule has 0 aromatic rings. The van der Waals surface area contributed by atoms with Gasteiger partial charge in [-0.3, -0.25) is 0 Å². The van der Waals surface area contributed by atoms with Crippen molar-refractivity contribution in [2.24, 2.45) is 0 Å². The number of quaternary nitrogens is 1. The first-order chi connectivity index (χ1) is 11.5. The minimum absolute atomic E-state index is 0. The molecule has 0 atom stereocenters. The molecule has 0 unspecified atom stereocenters. The van der Waals surface area contributed by atoms with Crippen LogP contribution in [0.15, 0.2) is 12.2 Å². The number of ether oxygens (including phenoxy) is 1. The highest BCUT2D eigenvalue weighted by molar-refractivity contribution is 5.86. The molecule has 0 aromatic heterocycles. The summed E-state index contributed by atoms with van der Waals surface area (Å²) >= 11 is 0. The number of unbranched alkanes of at least 4 members (excludes halogenated alkanes) is 8. The molecule has 1 saturated heterocycles. The fourth-order valence-electron chi connectivity index (χ4n) is 3.62. The lowest BCUT2D eigenvalue weighted by molar-refractivity contribution is -0.914. The van der Waals surface area contributed by atoms with E-state index < -0.39 is 0 Å². The van der Waals surface area contributed by atoms with E-state index in [2.05, 4.69) is 13.6 Å². The van der Waals surface area contributed by atoms with Gasteiger partial charge < -0.3 is 21.6 Å². The van der Waals surface area contributed by atoms with Gasteiger partial charge in [-0.15, -0.1) is 0 Å². The van der Waals surface area contributed by atoms with E-state index in [9.17, 15) is 4.79 Å². The van der Waals surface area contributed by atoms with Crippen molar-refractivity contribution in [2.75, 3.05) is 33.3 Å². The SMILES string of the molecule is C=C(C)C(=O)OCCCCCCCCCCC[N+]1(C)CCCCC1.[Cl-]. The van der Waals surface area contributed by atoms with E-state index >= 15 is 0 Å². The highest BCUT2D eigenvalue weighted by Gasteiger charge is 2.23. The summed E-state index contributed by atoms with van der Waals surface area (Å²) in [7, 11) is 2.45. The molecule has 0 radical (unpaired) electrons. The van der Waals surface area contributed by atoms with E-state index in [0.717, 1.165) is 6.42 Å². The van der Waals surface area contributed by atoms with E-state index in [4.69, 9.17) is 4.74 Å². The number of esters is 1. The van der Waals surface area contributed by atoms with E-state index in [1.54, 1.807) is 6.92 Å². The van der Waals surface area contributed by atoms with Crippen LogP contribution in [0.5, 0.6) is 0 Å². The van der Waals surface area contributed by atoms with Gasteiger partial charge in [0.1, 0.15) is 0 Å². The number of hydrogen-bond donors (Lipinski definition) is 0. The maximum Gasteiger partial charge on any atom is 0.333 e. The lowest BCUT2D eigenvalue weighted by Crippen LogP contribution is -3.00. The Kier molecular flexibility index (Phi) is 14.3. The van der Waals surface area contributed by atoms with Crippen molar-refractivity contribution in [3.05, 3.63) is 12.2 Å². The van der Waals surface area contributed by atoms with Crippen LogP contribution in [0, 0.1) is 0 Å². The summed E-state index contributed by atoms with van der Waals surface area (Å²) in [6, 6.07) is 0. The zero-order valence-electron chi connectivity index (χ0n) is 16.7. The number of piperidine rings is 1. The Morgan fingerprint density at radius 2 is 1.36 bits per heavy atom. The van der Waals surface area contributed by atoms with Crippen LogP contribution in [0.4, 0.5) is 0 Å². The molecule has 0 N–H and O–H groups in total. The molecule has 1 rings (SSSR count). The molecule has 4 heteroatoms. The Hall–Kier alpha value is -0.540. The Bertz CT molecular complexity index is 365. The Labute approximate surface area is 162 Å². The Morgan fingerprint density at radius 1 is 0.880 bits per heavy atom. The third-order valence-corrected chi connectivity index (χ3v) is 5.32. The van der Waals surface area contributed by atoms with Crippen molar-refractivity contribution in [3.8, 4) is 0 Å². The molecule has 0 aromatic carbocycles. The molecule has 25 heavy (non-hydrogen) atoms. The third-order valence-electron chi connectivity index (χ3n) is 5.32. The summed E-state index contributed by atoms with van der Waals surface area (Å²) in [5.74, 6) is -0.254. The van der Waals surface area contributed by atoms with Crippen LogP contribution in [-0.4, -0.2) is 43.7 Å². The van der Waals surface area contributed by atoms with Crippen molar-refractivity contribution in [1.82, 2.24) is 0 Å². The average molecular weight is 374 g/mol. The Balaban J connectivity index is 0.00000576. The molecule has 1 heterocycles. The van der Waals surface area contributed by atoms with Gasteiger partial charge >= 0.3 is 5.97 Å². The third kappa shape index (κ3) is 12.4. The zero-order chi connectivity index (χ0) is 17.7. The summed E-state index contributed by atoms with van der Waals surface area (Å²) in [4.78, 5) is 11.2. The summed E-state index contributed by atoms with van der Waals surface area (Å²) in [6.45, 7) is 10.0. The second-order valence-corrected chi connectivity index (χ2v) is 7.95. The largest absolute Gasteiger partial charge is 1.00 e. The van der Waals surface area contributed by atoms with Crippen LogP contribution < -0.4 is 12.4 Å². The van der Waals surface area contributed by atoms with Crippen molar-refractivity contribution in [3.63, 3.8) is 0 Å². The highest BCUT2D eigenvalue weighted by Crippen LogP contribution is 2.18. The van der Waals surface area contributed by atoms with Crippen LogP contribution in [0.3, 0.4) is 0 Å². The zero-order valence-corrected chi connectivity index (χ0v) is 17.4. The molecular weight excluding hydrogens is 334 g/mol. The van der Waals surface area contributed by atoms with Crippen LogP contribution in [0.1, 0.15) is 84.0 Å². The number of likely N-dealkylation sites (tertiary alicyclic amines) is 1. The van der Waals surface area contributed by atoms with Crippen LogP contribution in [0.25, 0.3) is 0 Å². The number of halogens is 1. The second kappa shape index (κ2) is 14.6. The van der Waals surface area contributed by atoms with E-state index in [1.165, 1.54) is 94.7 Å². The predicted octanol–water partition coefficient (Wildman–Crippen LogP) is 2.25. The second-order valence-electron chi connectivity index (χ2n) is 7.95. The standard InChI is InChI=1S/C21H40NO2.ClH/c1-20(2)21(23)24-19-15-10-8-6-4-5-7-9-12-16-22(3)17-13-11-14-18-22;/h1,4-19H2,2-3H3;1H/q+1;/p-1. The summed E-state index contributed by atoms with van der Waals surface area (Å²) in [5, 5.41) is 0. The monoisotopic (exact) mass is 373 g/mol. The van der Waals surface area contributed by atoms with Gasteiger partial charge in [-0.1, -0.05) is 45.1 Å². The molecule has 0 saturated carbocycles. The summed E-state index contributed by atoms with van der Waals surface area (Å²) in [5.41, 5.74) is 0.492. The van der Waals surface area contributed by atoms with Gasteiger partial charge in [0.2, 0.25) is 0 Å². The molecule has 148 valence electrons. The number of hydrogen-bond acceptors (Lipinski definition) is 2. The van der Waals surface area contributed by atoms with E-state index in [-0.39, 0.29) is 18.4 Å². The smallest absolute Gasteiger partial charge is 0.333 e. The maximum atomic E-state index is 11.2. The van der Waals surface area contributed by atoms with Gasteiger partial charge in [-0.05, 0) is 45.4 Å². The first-order valence-electron chi connectivity index (χ1n) is 10.2. The fraction of sp³-hybridized carbons (Fsp3) is 0.857. The molecule has 0 amide bonds. The molecule has 0 spiro atoms. The highest BCUT2D eigenvalue weighted by atomic mass is 35.5. The van der Waals surface area contributed by atoms with Gasteiger partial charge in [0.25, 0.3) is 0 Å². The number of carbonyl (C=O) groups is 1. The van der Waals surface area contributed by atoms with Gasteiger partial charge in [0.05, 0.1) is 33.3 Å². The molecule has 1 fully saturated rings. The number of carbonyl (C=O) groups excluding carboxylic acids is 1. The summed E-state index contributed by atoms with van der Waals surface area (Å²) in [6.07, 6.45) is 16.0. The van der Waals surface area contributed by atoms with Gasteiger partial charge in [-0.25, -0.2) is 4.79 Å². The molecule has 0 aliphatic carbocycles. The fourth-order valence-corrected chi connectivity index (χ4v) is 3.62. The normalized spacial score (nSPS) is 16.1. The number of nitrogens with zero attached hydrogens (tertiary/aromatic N) is 1. The van der Waals surface area contributed by atoms with Gasteiger partial charge in [-0.2, -0.15) is 0 Å². The lowest BCUT2D eigenvalue weighted by atomic mass is 10.1. The molecule has 1 aliphatic heterocycles. The van der Waals surface area contributed by atoms with Gasteiger partial charge in [0.15, 0.2) is 0 Å². The first-order valence-corrected chi connectivity index (χ1v) is 10.2. The van der Waals surface area contributed by atoms with Crippen molar-refractivity contribution in [1.29, 1.82) is 0 Å². The quantitative estimate of drug-likeness (QED) is 0.214. The van der Waals surface area contributed by atoms with E-state index in [1.807, 2.05) is 0 Å². The molecule has 1 aliphatic rings. The number of rotatable bonds is 13. The van der Waals surface area contributed by atoms with Gasteiger partial charge in [0, 0.05) is 5.57 Å². The maximum absolute atomic E-state index is 11.2. The minimum atomic E-state index is -0.254. The van der Waals surface area contributed by atoms with Crippen molar-refractivity contribution in [2.45, 2.75) is 84.0 Å². The first kappa shape index (κ1) is 24.5. The van der Waals surface area contributed by atoms with Crippen LogP contribution in [-0.2, 0) is 9.53 Å². The van der Waals surface area contributed by atoms with Crippen LogP contribution >= 0.6 is 0 Å². The average Bonchev–Trinajstić information content (AvgIpc) is 2.56. The topological polar surface area (TPSA) is 26.3 Å². The van der Waals surface area contributed by atoms with Crippen molar-refractivity contribution < 1.29 is 26.4 Å². The lowest BCUT2D eigenvalue weighted by Gasteiger charge is -2.37. The van der Waals surface area contributed by atoms with Crippen LogP contribution in [0.2, 0.25) is 0 Å². The van der Waals surface area contributed by atoms with E-state index in [0.29, 0.717) is 12.2 Å². The van der Waals surface area contributed by atoms with Crippen molar-refractivity contribution >= 4 is 5.97 Å². The Morgan fingerprint density at radius 3 is 1.88 bits per heavy atom. The molecule has 0 bridgehead atoms.